The lowest BCUT2D eigenvalue weighted by Gasteiger charge is -2.25. The minimum absolute atomic E-state index is 0.130. The summed E-state index contributed by atoms with van der Waals surface area (Å²) < 4.78 is 5.70. The summed E-state index contributed by atoms with van der Waals surface area (Å²) in [5.74, 6) is 0.130. The van der Waals surface area contributed by atoms with E-state index in [0.29, 0.717) is 6.10 Å². The summed E-state index contributed by atoms with van der Waals surface area (Å²) >= 11 is 0. The van der Waals surface area contributed by atoms with Crippen LogP contribution in [0.25, 0.3) is 0 Å². The van der Waals surface area contributed by atoms with E-state index in [4.69, 9.17) is 10.5 Å². The minimum Gasteiger partial charge on any atom is -0.377 e. The van der Waals surface area contributed by atoms with Crippen LogP contribution in [-0.4, -0.2) is 67.2 Å². The first kappa shape index (κ1) is 15.7. The Bertz CT molecular complexity index is 305. The second kappa shape index (κ2) is 7.96. The highest BCUT2D eigenvalue weighted by Gasteiger charge is 2.25. The molecule has 0 radical (unpaired) electrons. The van der Waals surface area contributed by atoms with Crippen molar-refractivity contribution in [2.45, 2.75) is 51.2 Å². The molecule has 116 valence electrons. The molecule has 2 rings (SSSR count). The van der Waals surface area contributed by atoms with Crippen LogP contribution in [0.15, 0.2) is 0 Å². The van der Waals surface area contributed by atoms with Crippen molar-refractivity contribution in [1.29, 1.82) is 0 Å². The first-order valence-electron chi connectivity index (χ1n) is 8.09. The molecular formula is C15H29N3O2. The number of hydrogen-bond donors (Lipinski definition) is 1. The van der Waals surface area contributed by atoms with E-state index in [1.807, 2.05) is 4.90 Å². The Labute approximate surface area is 122 Å². The molecule has 0 aromatic heterocycles. The molecule has 2 fully saturated rings. The van der Waals surface area contributed by atoms with Gasteiger partial charge in [-0.1, -0.05) is 13.3 Å². The van der Waals surface area contributed by atoms with Crippen LogP contribution in [0.1, 0.15) is 39.0 Å². The fourth-order valence-electron chi connectivity index (χ4n) is 3.12. The molecule has 0 aromatic rings. The highest BCUT2D eigenvalue weighted by Crippen LogP contribution is 2.15. The summed E-state index contributed by atoms with van der Waals surface area (Å²) in [6.45, 7) is 7.66. The molecule has 2 atom stereocenters. The Hall–Kier alpha value is -0.650. The maximum absolute atomic E-state index is 12.2. The normalized spacial score (nSPS) is 26.5. The molecule has 2 N–H and O–H groups in total. The van der Waals surface area contributed by atoms with E-state index < -0.39 is 0 Å². The summed E-state index contributed by atoms with van der Waals surface area (Å²) in [5, 5.41) is 0. The van der Waals surface area contributed by atoms with E-state index in [9.17, 15) is 4.79 Å². The summed E-state index contributed by atoms with van der Waals surface area (Å²) in [7, 11) is 0. The van der Waals surface area contributed by atoms with Gasteiger partial charge in [0.05, 0.1) is 12.1 Å². The molecule has 2 aliphatic heterocycles. The third-order valence-electron chi connectivity index (χ3n) is 4.30. The number of rotatable bonds is 5. The third-order valence-corrected chi connectivity index (χ3v) is 4.30. The molecule has 0 bridgehead atoms. The highest BCUT2D eigenvalue weighted by molar-refractivity contribution is 5.81. The summed E-state index contributed by atoms with van der Waals surface area (Å²) in [4.78, 5) is 16.6. The SMILES string of the molecule is CCCC(N)C(=O)N1CCCN(CC2CCCO2)CC1. The first-order valence-corrected chi connectivity index (χ1v) is 8.09. The molecule has 5 nitrogen and oxygen atoms in total. The Balaban J connectivity index is 1.77. The van der Waals surface area contributed by atoms with Gasteiger partial charge in [-0.25, -0.2) is 0 Å². The number of nitrogens with two attached hydrogens (primary N) is 1. The van der Waals surface area contributed by atoms with Gasteiger partial charge in [0.2, 0.25) is 5.91 Å². The molecule has 0 aliphatic carbocycles. The van der Waals surface area contributed by atoms with Crippen molar-refractivity contribution in [1.82, 2.24) is 9.80 Å². The topological polar surface area (TPSA) is 58.8 Å². The maximum atomic E-state index is 12.2. The zero-order chi connectivity index (χ0) is 14.4. The predicted octanol–water partition coefficient (Wildman–Crippen LogP) is 0.827. The third kappa shape index (κ3) is 4.43. The second-order valence-electron chi connectivity index (χ2n) is 6.01. The summed E-state index contributed by atoms with van der Waals surface area (Å²) in [6, 6.07) is -0.315. The predicted molar refractivity (Wildman–Crippen MR) is 79.5 cm³/mol. The number of carbonyl (C=O) groups excluding carboxylic acids is 1. The Morgan fingerprint density at radius 3 is 2.85 bits per heavy atom. The van der Waals surface area contributed by atoms with Crippen molar-refractivity contribution in [3.8, 4) is 0 Å². The highest BCUT2D eigenvalue weighted by atomic mass is 16.5. The van der Waals surface area contributed by atoms with Crippen molar-refractivity contribution >= 4 is 5.91 Å². The lowest BCUT2D eigenvalue weighted by atomic mass is 10.1. The molecule has 5 heteroatoms. The fraction of sp³-hybridized carbons (Fsp3) is 0.933. The molecule has 2 saturated heterocycles. The number of nitrogens with zero attached hydrogens (tertiary/aromatic N) is 2. The Morgan fingerprint density at radius 2 is 2.15 bits per heavy atom. The average Bonchev–Trinajstić information content (AvgIpc) is 2.83. The fourth-order valence-corrected chi connectivity index (χ4v) is 3.12. The lowest BCUT2D eigenvalue weighted by Crippen LogP contribution is -2.45. The lowest BCUT2D eigenvalue weighted by molar-refractivity contribution is -0.132. The van der Waals surface area contributed by atoms with Crippen LogP contribution in [-0.2, 0) is 9.53 Å². The van der Waals surface area contributed by atoms with Crippen molar-refractivity contribution in [3.63, 3.8) is 0 Å². The Morgan fingerprint density at radius 1 is 1.30 bits per heavy atom. The van der Waals surface area contributed by atoms with Crippen molar-refractivity contribution < 1.29 is 9.53 Å². The molecule has 2 aliphatic rings. The molecule has 0 spiro atoms. The van der Waals surface area contributed by atoms with Gasteiger partial charge in [-0.3, -0.25) is 9.69 Å². The van der Waals surface area contributed by atoms with Crippen LogP contribution < -0.4 is 5.73 Å². The van der Waals surface area contributed by atoms with Crippen LogP contribution in [0.3, 0.4) is 0 Å². The standard InChI is InChI=1S/C15H29N3O2/c1-2-5-14(16)15(19)18-8-4-7-17(9-10-18)12-13-6-3-11-20-13/h13-14H,2-12,16H2,1H3. The van der Waals surface area contributed by atoms with Crippen LogP contribution >= 0.6 is 0 Å². The van der Waals surface area contributed by atoms with E-state index in [1.165, 1.54) is 12.8 Å². The van der Waals surface area contributed by atoms with E-state index in [0.717, 1.165) is 58.6 Å². The smallest absolute Gasteiger partial charge is 0.239 e. The van der Waals surface area contributed by atoms with E-state index >= 15 is 0 Å². The van der Waals surface area contributed by atoms with Gasteiger partial charge in [-0.05, 0) is 32.2 Å². The zero-order valence-electron chi connectivity index (χ0n) is 12.7. The quantitative estimate of drug-likeness (QED) is 0.812. The summed E-state index contributed by atoms with van der Waals surface area (Å²) in [6.07, 6.45) is 5.56. The second-order valence-corrected chi connectivity index (χ2v) is 6.01. The Kier molecular flexibility index (Phi) is 6.26. The van der Waals surface area contributed by atoms with Gasteiger partial charge in [0.25, 0.3) is 0 Å². The molecule has 1 amide bonds. The minimum atomic E-state index is -0.315. The maximum Gasteiger partial charge on any atom is 0.239 e. The number of carbonyl (C=O) groups is 1. The molecule has 0 aromatic carbocycles. The molecule has 0 saturated carbocycles. The zero-order valence-corrected chi connectivity index (χ0v) is 12.7. The van der Waals surface area contributed by atoms with Crippen LogP contribution in [0.4, 0.5) is 0 Å². The van der Waals surface area contributed by atoms with Gasteiger partial charge in [0, 0.05) is 32.8 Å². The first-order chi connectivity index (χ1) is 9.70. The van der Waals surface area contributed by atoms with Crippen molar-refractivity contribution in [2.24, 2.45) is 5.73 Å². The van der Waals surface area contributed by atoms with Gasteiger partial charge in [0.15, 0.2) is 0 Å². The van der Waals surface area contributed by atoms with Gasteiger partial charge in [-0.15, -0.1) is 0 Å². The van der Waals surface area contributed by atoms with Gasteiger partial charge in [-0.2, -0.15) is 0 Å². The van der Waals surface area contributed by atoms with Gasteiger partial charge < -0.3 is 15.4 Å². The van der Waals surface area contributed by atoms with Gasteiger partial charge >= 0.3 is 0 Å². The molecule has 2 heterocycles. The van der Waals surface area contributed by atoms with Crippen molar-refractivity contribution in [2.75, 3.05) is 39.3 Å². The van der Waals surface area contributed by atoms with Crippen LogP contribution in [0.2, 0.25) is 0 Å². The number of hydrogen-bond acceptors (Lipinski definition) is 4. The number of amides is 1. The van der Waals surface area contributed by atoms with Crippen LogP contribution in [0, 0.1) is 0 Å². The summed E-state index contributed by atoms with van der Waals surface area (Å²) in [5.41, 5.74) is 5.95. The molecule has 20 heavy (non-hydrogen) atoms. The number of ether oxygens (including phenoxy) is 1. The average molecular weight is 283 g/mol. The largest absolute Gasteiger partial charge is 0.377 e. The molecule has 2 unspecified atom stereocenters. The van der Waals surface area contributed by atoms with Crippen LogP contribution in [0.5, 0.6) is 0 Å². The van der Waals surface area contributed by atoms with E-state index in [1.54, 1.807) is 0 Å². The van der Waals surface area contributed by atoms with E-state index in [-0.39, 0.29) is 11.9 Å². The van der Waals surface area contributed by atoms with Crippen molar-refractivity contribution in [3.05, 3.63) is 0 Å². The molecular weight excluding hydrogens is 254 g/mol. The van der Waals surface area contributed by atoms with E-state index in [2.05, 4.69) is 11.8 Å². The van der Waals surface area contributed by atoms with Gasteiger partial charge in [0.1, 0.15) is 0 Å². The monoisotopic (exact) mass is 283 g/mol.